The zero-order chi connectivity index (χ0) is 6.41. The van der Waals surface area contributed by atoms with E-state index in [1.807, 2.05) is 22.6 Å². The first kappa shape index (κ1) is 7.68. The van der Waals surface area contributed by atoms with Crippen LogP contribution in [0.15, 0.2) is 27.6 Å². The van der Waals surface area contributed by atoms with E-state index in [1.165, 1.54) is 6.20 Å². The number of aliphatic imine (C=N–C) groups is 1. The number of nitrogens with zero attached hydrogens (tertiary/aromatic N) is 1. The fourth-order valence-electron chi connectivity index (χ4n) is 0.167. The van der Waals surface area contributed by atoms with Crippen LogP contribution in [-0.4, -0.2) is 6.21 Å². The molecule has 0 aliphatic carbocycles. The van der Waals surface area contributed by atoms with Gasteiger partial charge in [-0.25, -0.2) is 4.99 Å². The standard InChI is InChI=1S/C5H7IN2/c1-2-3-8-5(6)4-7/h2-4H,1,7H2/b5-4-,8-3-. The van der Waals surface area contributed by atoms with Gasteiger partial charge in [-0.3, -0.25) is 0 Å². The summed E-state index contributed by atoms with van der Waals surface area (Å²) in [5, 5.41) is 0. The highest BCUT2D eigenvalue weighted by molar-refractivity contribution is 14.1. The minimum Gasteiger partial charge on any atom is -0.402 e. The van der Waals surface area contributed by atoms with E-state index < -0.39 is 0 Å². The summed E-state index contributed by atoms with van der Waals surface area (Å²) in [6.45, 7) is 3.45. The predicted octanol–water partition coefficient (Wildman–Crippen LogP) is 1.44. The van der Waals surface area contributed by atoms with Gasteiger partial charge in [0, 0.05) is 12.4 Å². The fourth-order valence-corrected chi connectivity index (χ4v) is 0.328. The van der Waals surface area contributed by atoms with E-state index in [-0.39, 0.29) is 0 Å². The van der Waals surface area contributed by atoms with Crippen molar-refractivity contribution in [3.63, 3.8) is 0 Å². The molecular weight excluding hydrogens is 215 g/mol. The molecule has 0 aliphatic heterocycles. The van der Waals surface area contributed by atoms with E-state index in [4.69, 9.17) is 5.73 Å². The number of allylic oxidation sites excluding steroid dienone is 1. The quantitative estimate of drug-likeness (QED) is 0.428. The Balaban J connectivity index is 3.69. The molecule has 0 aromatic heterocycles. The highest BCUT2D eigenvalue weighted by Crippen LogP contribution is 2.02. The van der Waals surface area contributed by atoms with Crippen LogP contribution in [0.2, 0.25) is 0 Å². The van der Waals surface area contributed by atoms with Gasteiger partial charge in [0.25, 0.3) is 0 Å². The average molecular weight is 222 g/mol. The molecule has 0 aliphatic rings. The first-order chi connectivity index (χ1) is 3.81. The minimum absolute atomic E-state index is 0.766. The summed E-state index contributed by atoms with van der Waals surface area (Å²) in [5.41, 5.74) is 5.10. The lowest BCUT2D eigenvalue weighted by molar-refractivity contribution is 1.48. The molecule has 3 heteroatoms. The Morgan fingerprint density at radius 2 is 2.38 bits per heavy atom. The zero-order valence-corrected chi connectivity index (χ0v) is 6.50. The second kappa shape index (κ2) is 4.83. The number of rotatable bonds is 2. The van der Waals surface area contributed by atoms with E-state index in [2.05, 4.69) is 11.6 Å². The van der Waals surface area contributed by atoms with Gasteiger partial charge in [0.05, 0.1) is 0 Å². The van der Waals surface area contributed by atoms with Crippen LogP contribution in [0.5, 0.6) is 0 Å². The van der Waals surface area contributed by atoms with Gasteiger partial charge in [-0.05, 0) is 22.6 Å². The lowest BCUT2D eigenvalue weighted by atomic mass is 10.7. The molecule has 8 heavy (non-hydrogen) atoms. The van der Waals surface area contributed by atoms with Crippen LogP contribution in [0.3, 0.4) is 0 Å². The van der Waals surface area contributed by atoms with E-state index in [0.29, 0.717) is 0 Å². The largest absolute Gasteiger partial charge is 0.402 e. The topological polar surface area (TPSA) is 38.4 Å². The molecule has 0 bridgehead atoms. The van der Waals surface area contributed by atoms with Gasteiger partial charge < -0.3 is 5.73 Å². The van der Waals surface area contributed by atoms with Crippen molar-refractivity contribution in [2.24, 2.45) is 10.7 Å². The molecule has 0 spiro atoms. The Bertz CT molecular complexity index is 126. The van der Waals surface area contributed by atoms with E-state index in [0.717, 1.165) is 3.70 Å². The van der Waals surface area contributed by atoms with E-state index in [9.17, 15) is 0 Å². The number of nitrogens with two attached hydrogens (primary N) is 1. The van der Waals surface area contributed by atoms with E-state index in [1.54, 1.807) is 12.3 Å². The normalized spacial score (nSPS) is 12.4. The third kappa shape index (κ3) is 3.86. The van der Waals surface area contributed by atoms with Crippen LogP contribution < -0.4 is 5.73 Å². The second-order valence-corrected chi connectivity index (χ2v) is 2.11. The average Bonchev–Trinajstić information content (AvgIpc) is 1.83. The van der Waals surface area contributed by atoms with Crippen molar-refractivity contribution < 1.29 is 0 Å². The van der Waals surface area contributed by atoms with Crippen LogP contribution in [0.25, 0.3) is 0 Å². The summed E-state index contributed by atoms with van der Waals surface area (Å²) in [6.07, 6.45) is 4.62. The number of halogens is 1. The molecule has 0 fully saturated rings. The molecule has 0 amide bonds. The van der Waals surface area contributed by atoms with Crippen LogP contribution in [0, 0.1) is 0 Å². The molecule has 0 atom stereocenters. The molecule has 0 aromatic rings. The lowest BCUT2D eigenvalue weighted by Crippen LogP contribution is -1.77. The highest BCUT2D eigenvalue weighted by Gasteiger charge is 1.75. The monoisotopic (exact) mass is 222 g/mol. The summed E-state index contributed by atoms with van der Waals surface area (Å²) < 4.78 is 0.766. The van der Waals surface area contributed by atoms with E-state index >= 15 is 0 Å². The van der Waals surface area contributed by atoms with Gasteiger partial charge in [-0.2, -0.15) is 0 Å². The van der Waals surface area contributed by atoms with Crippen molar-refractivity contribution >= 4 is 28.8 Å². The molecule has 0 saturated carbocycles. The minimum atomic E-state index is 0.766. The Hall–Kier alpha value is -0.320. The van der Waals surface area contributed by atoms with Gasteiger partial charge in [0.2, 0.25) is 0 Å². The zero-order valence-electron chi connectivity index (χ0n) is 4.34. The fraction of sp³-hybridized carbons (Fsp3) is 0. The Labute approximate surface area is 62.3 Å². The maximum Gasteiger partial charge on any atom is 0.116 e. The molecule has 0 rings (SSSR count). The molecule has 0 aromatic carbocycles. The molecule has 0 heterocycles. The predicted molar refractivity (Wildman–Crippen MR) is 45.0 cm³/mol. The summed E-state index contributed by atoms with van der Waals surface area (Å²) >= 11 is 2.02. The van der Waals surface area contributed by atoms with Crippen molar-refractivity contribution in [2.75, 3.05) is 0 Å². The van der Waals surface area contributed by atoms with Crippen LogP contribution >= 0.6 is 22.6 Å². The van der Waals surface area contributed by atoms with Gasteiger partial charge in [-0.15, -0.1) is 0 Å². The maximum absolute atomic E-state index is 5.10. The molecule has 2 N–H and O–H groups in total. The first-order valence-electron chi connectivity index (χ1n) is 2.03. The Morgan fingerprint density at radius 1 is 1.75 bits per heavy atom. The third-order valence-electron chi connectivity index (χ3n) is 0.441. The molecule has 0 saturated heterocycles. The summed E-state index contributed by atoms with van der Waals surface area (Å²) in [4.78, 5) is 3.84. The van der Waals surface area contributed by atoms with Crippen molar-refractivity contribution in [1.29, 1.82) is 0 Å². The Morgan fingerprint density at radius 3 is 2.75 bits per heavy atom. The molecular formula is C5H7IN2. The SMILES string of the molecule is C=C/C=N\C(I)=C/N. The smallest absolute Gasteiger partial charge is 0.116 e. The van der Waals surface area contributed by atoms with Crippen LogP contribution in [0.4, 0.5) is 0 Å². The highest BCUT2D eigenvalue weighted by atomic mass is 127. The summed E-state index contributed by atoms with van der Waals surface area (Å²) in [5.74, 6) is 0. The lowest BCUT2D eigenvalue weighted by Gasteiger charge is -1.80. The molecule has 2 nitrogen and oxygen atoms in total. The molecule has 0 radical (unpaired) electrons. The maximum atomic E-state index is 5.10. The Kier molecular flexibility index (Phi) is 4.64. The van der Waals surface area contributed by atoms with Crippen LogP contribution in [-0.2, 0) is 0 Å². The summed E-state index contributed by atoms with van der Waals surface area (Å²) in [7, 11) is 0. The molecule has 44 valence electrons. The first-order valence-corrected chi connectivity index (χ1v) is 3.11. The van der Waals surface area contributed by atoms with Gasteiger partial charge in [0.1, 0.15) is 3.70 Å². The molecule has 0 unspecified atom stereocenters. The number of hydrogen-bond donors (Lipinski definition) is 1. The van der Waals surface area contributed by atoms with Crippen molar-refractivity contribution in [3.05, 3.63) is 22.6 Å². The van der Waals surface area contributed by atoms with Gasteiger partial charge in [-0.1, -0.05) is 12.7 Å². The summed E-state index contributed by atoms with van der Waals surface area (Å²) in [6, 6.07) is 0. The van der Waals surface area contributed by atoms with Crippen molar-refractivity contribution in [1.82, 2.24) is 0 Å². The third-order valence-corrected chi connectivity index (χ3v) is 1.08. The van der Waals surface area contributed by atoms with Gasteiger partial charge in [0.15, 0.2) is 0 Å². The van der Waals surface area contributed by atoms with Gasteiger partial charge >= 0.3 is 0 Å². The second-order valence-electron chi connectivity index (χ2n) is 1.00. The van der Waals surface area contributed by atoms with Crippen LogP contribution in [0.1, 0.15) is 0 Å². The van der Waals surface area contributed by atoms with Crippen molar-refractivity contribution in [2.45, 2.75) is 0 Å². The number of hydrogen-bond acceptors (Lipinski definition) is 2. The van der Waals surface area contributed by atoms with Crippen molar-refractivity contribution in [3.8, 4) is 0 Å².